The first-order chi connectivity index (χ1) is 2.41. The van der Waals surface area contributed by atoms with Crippen molar-refractivity contribution in [2.24, 2.45) is 5.90 Å². The summed E-state index contributed by atoms with van der Waals surface area (Å²) >= 11 is 0. The molecule has 2 N–H and O–H groups in total. The van der Waals surface area contributed by atoms with Crippen LogP contribution < -0.4 is 5.90 Å². The summed E-state index contributed by atoms with van der Waals surface area (Å²) in [5.41, 5.74) is 0. The molecule has 0 aromatic heterocycles. The molecule has 0 aromatic carbocycles. The molecule has 0 spiro atoms. The standard InChI is InChI=1S/C3H8NO/c1-2-3-5-4/h1-4H2. The van der Waals surface area contributed by atoms with E-state index in [1.807, 2.05) is 0 Å². The smallest absolute Gasteiger partial charge is 0.0679 e. The van der Waals surface area contributed by atoms with Crippen LogP contribution in [0, 0.1) is 6.92 Å². The second kappa shape index (κ2) is 3.92. The minimum Gasteiger partial charge on any atom is -0.305 e. The molecule has 0 aliphatic rings. The van der Waals surface area contributed by atoms with Gasteiger partial charge in [0.25, 0.3) is 0 Å². The van der Waals surface area contributed by atoms with Crippen molar-refractivity contribution in [2.75, 3.05) is 6.61 Å². The zero-order valence-electron chi connectivity index (χ0n) is 3.11. The fourth-order valence-electron chi connectivity index (χ4n) is 0.0833. The van der Waals surface area contributed by atoms with Crippen LogP contribution in [-0.4, -0.2) is 6.61 Å². The molecule has 0 saturated carbocycles. The van der Waals surface area contributed by atoms with Crippen molar-refractivity contribution < 1.29 is 4.84 Å². The van der Waals surface area contributed by atoms with E-state index in [2.05, 4.69) is 17.7 Å². The monoisotopic (exact) mass is 74.1 g/mol. The topological polar surface area (TPSA) is 35.2 Å². The van der Waals surface area contributed by atoms with Gasteiger partial charge in [-0.2, -0.15) is 0 Å². The molecule has 0 rings (SSSR count). The van der Waals surface area contributed by atoms with Crippen LogP contribution in [0.25, 0.3) is 0 Å². The number of hydrogen-bond donors (Lipinski definition) is 1. The Balaban J connectivity index is 2.19. The van der Waals surface area contributed by atoms with E-state index in [9.17, 15) is 0 Å². The van der Waals surface area contributed by atoms with Crippen LogP contribution >= 0.6 is 0 Å². The van der Waals surface area contributed by atoms with Gasteiger partial charge in [0.15, 0.2) is 0 Å². The molecular formula is C3H8NO. The third-order valence-electron chi connectivity index (χ3n) is 0.262. The van der Waals surface area contributed by atoms with Gasteiger partial charge < -0.3 is 4.84 Å². The molecule has 0 fully saturated rings. The van der Waals surface area contributed by atoms with E-state index in [0.29, 0.717) is 6.61 Å². The van der Waals surface area contributed by atoms with Crippen LogP contribution in [0.5, 0.6) is 0 Å². The van der Waals surface area contributed by atoms with Gasteiger partial charge in [0.05, 0.1) is 6.61 Å². The summed E-state index contributed by atoms with van der Waals surface area (Å²) in [5.74, 6) is 4.60. The molecule has 0 amide bonds. The van der Waals surface area contributed by atoms with Crippen molar-refractivity contribution in [3.05, 3.63) is 6.92 Å². The van der Waals surface area contributed by atoms with Crippen molar-refractivity contribution in [2.45, 2.75) is 6.42 Å². The second-order valence-electron chi connectivity index (χ2n) is 0.724. The molecular weight excluding hydrogens is 66.0 g/mol. The molecule has 0 unspecified atom stereocenters. The van der Waals surface area contributed by atoms with Crippen LogP contribution in [-0.2, 0) is 4.84 Å². The van der Waals surface area contributed by atoms with Gasteiger partial charge in [0, 0.05) is 0 Å². The van der Waals surface area contributed by atoms with Crippen molar-refractivity contribution in [1.82, 2.24) is 0 Å². The van der Waals surface area contributed by atoms with Crippen LogP contribution in [0.15, 0.2) is 0 Å². The van der Waals surface area contributed by atoms with Crippen molar-refractivity contribution >= 4 is 0 Å². The maximum Gasteiger partial charge on any atom is 0.0679 e. The molecule has 2 heteroatoms. The largest absolute Gasteiger partial charge is 0.305 e. The predicted molar refractivity (Wildman–Crippen MR) is 20.1 cm³/mol. The summed E-state index contributed by atoms with van der Waals surface area (Å²) in [4.78, 5) is 4.13. The molecule has 0 bridgehead atoms. The molecule has 0 saturated heterocycles. The van der Waals surface area contributed by atoms with Crippen LogP contribution in [0.1, 0.15) is 6.42 Å². The van der Waals surface area contributed by atoms with E-state index in [1.165, 1.54) is 0 Å². The second-order valence-corrected chi connectivity index (χ2v) is 0.724. The third-order valence-corrected chi connectivity index (χ3v) is 0.262. The average Bonchev–Trinajstić information content (AvgIpc) is 1.41. The fourth-order valence-corrected chi connectivity index (χ4v) is 0.0833. The van der Waals surface area contributed by atoms with Gasteiger partial charge in [-0.3, -0.25) is 0 Å². The highest BCUT2D eigenvalue weighted by Gasteiger charge is 1.67. The summed E-state index contributed by atoms with van der Waals surface area (Å²) in [6.07, 6.45) is 0.747. The summed E-state index contributed by atoms with van der Waals surface area (Å²) in [6, 6.07) is 0. The molecule has 5 heavy (non-hydrogen) atoms. The van der Waals surface area contributed by atoms with Crippen LogP contribution in [0.3, 0.4) is 0 Å². The van der Waals surface area contributed by atoms with E-state index in [-0.39, 0.29) is 0 Å². The van der Waals surface area contributed by atoms with Gasteiger partial charge >= 0.3 is 0 Å². The Kier molecular flexibility index (Phi) is 3.86. The lowest BCUT2D eigenvalue weighted by molar-refractivity contribution is 0.142. The first-order valence-corrected chi connectivity index (χ1v) is 1.52. The number of hydrogen-bond acceptors (Lipinski definition) is 2. The maximum absolute atomic E-state index is 4.60. The van der Waals surface area contributed by atoms with Crippen LogP contribution in [0.4, 0.5) is 0 Å². The zero-order valence-corrected chi connectivity index (χ0v) is 3.11. The van der Waals surface area contributed by atoms with Gasteiger partial charge in [0.2, 0.25) is 0 Å². The highest BCUT2D eigenvalue weighted by Crippen LogP contribution is 1.66. The Bertz CT molecular complexity index is 14.4. The summed E-state index contributed by atoms with van der Waals surface area (Å²) in [5, 5.41) is 0. The predicted octanol–water partition coefficient (Wildman–Crippen LogP) is 0.101. The normalized spacial score (nSPS) is 8.40. The molecule has 1 radical (unpaired) electrons. The number of nitrogens with two attached hydrogens (primary N) is 1. The SMILES string of the molecule is [CH2]CCON. The van der Waals surface area contributed by atoms with Gasteiger partial charge in [-0.15, -0.1) is 0 Å². The van der Waals surface area contributed by atoms with E-state index in [0.717, 1.165) is 6.42 Å². The van der Waals surface area contributed by atoms with Crippen molar-refractivity contribution in [3.8, 4) is 0 Å². The Morgan fingerprint density at radius 2 is 2.40 bits per heavy atom. The first kappa shape index (κ1) is 4.92. The fraction of sp³-hybridized carbons (Fsp3) is 0.667. The lowest BCUT2D eigenvalue weighted by atomic mass is 10.5. The van der Waals surface area contributed by atoms with Gasteiger partial charge in [0.1, 0.15) is 0 Å². The average molecular weight is 74.1 g/mol. The zero-order chi connectivity index (χ0) is 4.12. The van der Waals surface area contributed by atoms with E-state index in [1.54, 1.807) is 0 Å². The Labute approximate surface area is 31.9 Å². The van der Waals surface area contributed by atoms with Crippen molar-refractivity contribution in [1.29, 1.82) is 0 Å². The maximum atomic E-state index is 4.60. The van der Waals surface area contributed by atoms with E-state index in [4.69, 9.17) is 0 Å². The third kappa shape index (κ3) is 3.92. The summed E-state index contributed by atoms with van der Waals surface area (Å²) < 4.78 is 0. The van der Waals surface area contributed by atoms with Gasteiger partial charge in [-0.25, -0.2) is 5.90 Å². The highest BCUT2D eigenvalue weighted by atomic mass is 16.6. The highest BCUT2D eigenvalue weighted by molar-refractivity contribution is 4.30. The molecule has 31 valence electrons. The molecule has 0 atom stereocenters. The van der Waals surface area contributed by atoms with E-state index >= 15 is 0 Å². The molecule has 0 aromatic rings. The Morgan fingerprint density at radius 1 is 1.80 bits per heavy atom. The Morgan fingerprint density at radius 3 is 2.40 bits per heavy atom. The molecule has 0 heterocycles. The van der Waals surface area contributed by atoms with E-state index < -0.39 is 0 Å². The Hall–Kier alpha value is -0.0800. The molecule has 2 nitrogen and oxygen atoms in total. The summed E-state index contributed by atoms with van der Waals surface area (Å²) in [6.45, 7) is 4.03. The molecule has 0 aliphatic heterocycles. The lowest BCUT2D eigenvalue weighted by Gasteiger charge is -1.83. The quantitative estimate of drug-likeness (QED) is 0.471. The van der Waals surface area contributed by atoms with Gasteiger partial charge in [-0.05, 0) is 6.42 Å². The van der Waals surface area contributed by atoms with Gasteiger partial charge in [-0.1, -0.05) is 6.92 Å². The first-order valence-electron chi connectivity index (χ1n) is 1.52. The van der Waals surface area contributed by atoms with Crippen molar-refractivity contribution in [3.63, 3.8) is 0 Å². The minimum atomic E-state index is 0.556. The minimum absolute atomic E-state index is 0.556. The summed E-state index contributed by atoms with van der Waals surface area (Å²) in [7, 11) is 0. The number of rotatable bonds is 2. The molecule has 0 aliphatic carbocycles. The lowest BCUT2D eigenvalue weighted by Crippen LogP contribution is -1.97. The van der Waals surface area contributed by atoms with Crippen LogP contribution in [0.2, 0.25) is 0 Å².